The van der Waals surface area contributed by atoms with E-state index >= 15 is 0 Å². The Morgan fingerprint density at radius 2 is 2.08 bits per heavy atom. The first-order chi connectivity index (χ1) is 12.1. The zero-order chi connectivity index (χ0) is 17.6. The van der Waals surface area contributed by atoms with Gasteiger partial charge in [0.15, 0.2) is 0 Å². The second-order valence-electron chi connectivity index (χ2n) is 7.00. The van der Waals surface area contributed by atoms with E-state index in [1.165, 1.54) is 17.5 Å². The SMILES string of the molecule is COCCNC(=O)Cn1cc(NC(=O)CC2CC3CCC(C2)N3)cn1. The van der Waals surface area contributed by atoms with Crippen molar-refractivity contribution in [2.45, 2.75) is 50.7 Å². The average molecular weight is 349 g/mol. The molecule has 0 aliphatic carbocycles. The van der Waals surface area contributed by atoms with Gasteiger partial charge in [-0.15, -0.1) is 0 Å². The molecular formula is C17H27N5O3. The lowest BCUT2D eigenvalue weighted by Gasteiger charge is -2.28. The molecule has 1 aromatic heterocycles. The highest BCUT2D eigenvalue weighted by Crippen LogP contribution is 2.32. The lowest BCUT2D eigenvalue weighted by molar-refractivity contribution is -0.122. The summed E-state index contributed by atoms with van der Waals surface area (Å²) in [4.78, 5) is 24.0. The van der Waals surface area contributed by atoms with Crippen molar-refractivity contribution in [3.63, 3.8) is 0 Å². The summed E-state index contributed by atoms with van der Waals surface area (Å²) in [5.74, 6) is 0.346. The van der Waals surface area contributed by atoms with E-state index in [9.17, 15) is 9.59 Å². The van der Waals surface area contributed by atoms with Gasteiger partial charge in [-0.25, -0.2) is 0 Å². The third kappa shape index (κ3) is 5.27. The first-order valence-corrected chi connectivity index (χ1v) is 8.96. The van der Waals surface area contributed by atoms with Crippen molar-refractivity contribution in [1.82, 2.24) is 20.4 Å². The Morgan fingerprint density at radius 3 is 2.80 bits per heavy atom. The van der Waals surface area contributed by atoms with Crippen molar-refractivity contribution in [2.75, 3.05) is 25.6 Å². The van der Waals surface area contributed by atoms with Crippen LogP contribution in [0, 0.1) is 5.92 Å². The first kappa shape index (κ1) is 17.9. The molecule has 25 heavy (non-hydrogen) atoms. The van der Waals surface area contributed by atoms with E-state index < -0.39 is 0 Å². The van der Waals surface area contributed by atoms with Crippen LogP contribution in [0.1, 0.15) is 32.1 Å². The standard InChI is InChI=1S/C17H27N5O3/c1-25-5-4-18-17(24)11-22-10-15(9-19-22)21-16(23)8-12-6-13-2-3-14(7-12)20-13/h9-10,12-14,20H,2-8,11H2,1H3,(H,18,24)(H,21,23). The Labute approximate surface area is 147 Å². The summed E-state index contributed by atoms with van der Waals surface area (Å²) in [6, 6.07) is 1.19. The van der Waals surface area contributed by atoms with Crippen molar-refractivity contribution in [2.24, 2.45) is 5.92 Å². The quantitative estimate of drug-likeness (QED) is 0.594. The fourth-order valence-corrected chi connectivity index (χ4v) is 3.83. The predicted octanol–water partition coefficient (Wildman–Crippen LogP) is 0.505. The van der Waals surface area contributed by atoms with Gasteiger partial charge in [0.25, 0.3) is 0 Å². The number of rotatable bonds is 8. The van der Waals surface area contributed by atoms with Gasteiger partial charge in [0.1, 0.15) is 6.54 Å². The lowest BCUT2D eigenvalue weighted by atomic mass is 9.89. The number of hydrogen-bond donors (Lipinski definition) is 3. The van der Waals surface area contributed by atoms with Crippen LogP contribution in [-0.4, -0.2) is 53.9 Å². The number of aromatic nitrogens is 2. The molecule has 2 saturated heterocycles. The maximum absolute atomic E-state index is 12.3. The molecule has 138 valence electrons. The average Bonchev–Trinajstić information content (AvgIpc) is 3.13. The number of carbonyl (C=O) groups is 2. The minimum Gasteiger partial charge on any atom is -0.383 e. The molecule has 2 amide bonds. The van der Waals surface area contributed by atoms with Gasteiger partial charge in [0.05, 0.1) is 18.5 Å². The van der Waals surface area contributed by atoms with Crippen molar-refractivity contribution < 1.29 is 14.3 Å². The van der Waals surface area contributed by atoms with E-state index in [2.05, 4.69) is 21.0 Å². The molecule has 2 aliphatic heterocycles. The maximum Gasteiger partial charge on any atom is 0.241 e. The van der Waals surface area contributed by atoms with Crippen molar-refractivity contribution in [3.05, 3.63) is 12.4 Å². The number of ether oxygens (including phenoxy) is 1. The zero-order valence-corrected chi connectivity index (χ0v) is 14.7. The number of hydrogen-bond acceptors (Lipinski definition) is 5. The Kier molecular flexibility index (Phi) is 6.04. The van der Waals surface area contributed by atoms with Gasteiger partial charge in [-0.1, -0.05) is 0 Å². The van der Waals surface area contributed by atoms with E-state index in [4.69, 9.17) is 4.74 Å². The Hall–Kier alpha value is -1.93. The maximum atomic E-state index is 12.3. The molecule has 3 heterocycles. The minimum atomic E-state index is -0.136. The molecule has 8 heteroatoms. The molecule has 8 nitrogen and oxygen atoms in total. The van der Waals surface area contributed by atoms with Crippen LogP contribution in [0.4, 0.5) is 5.69 Å². The number of nitrogens with zero attached hydrogens (tertiary/aromatic N) is 2. The van der Waals surface area contributed by atoms with Crippen LogP contribution in [0.15, 0.2) is 12.4 Å². The number of amides is 2. The van der Waals surface area contributed by atoms with Crippen LogP contribution in [0.25, 0.3) is 0 Å². The molecule has 0 saturated carbocycles. The van der Waals surface area contributed by atoms with Gasteiger partial charge in [0, 0.05) is 38.4 Å². The number of carbonyl (C=O) groups excluding carboxylic acids is 2. The summed E-state index contributed by atoms with van der Waals surface area (Å²) < 4.78 is 6.40. The summed E-state index contributed by atoms with van der Waals surface area (Å²) in [6.07, 6.45) is 8.46. The van der Waals surface area contributed by atoms with Crippen molar-refractivity contribution in [1.29, 1.82) is 0 Å². The molecule has 2 bridgehead atoms. The minimum absolute atomic E-state index is 0.0235. The molecule has 0 radical (unpaired) electrons. The van der Waals surface area contributed by atoms with E-state index in [-0.39, 0.29) is 18.4 Å². The second-order valence-corrected chi connectivity index (χ2v) is 7.00. The molecule has 3 N–H and O–H groups in total. The van der Waals surface area contributed by atoms with Crippen LogP contribution in [-0.2, 0) is 20.9 Å². The second kappa shape index (κ2) is 8.44. The Morgan fingerprint density at radius 1 is 1.32 bits per heavy atom. The molecule has 2 unspecified atom stereocenters. The van der Waals surface area contributed by atoms with Gasteiger partial charge in [0.2, 0.25) is 11.8 Å². The fourth-order valence-electron chi connectivity index (χ4n) is 3.83. The molecule has 3 rings (SSSR count). The highest BCUT2D eigenvalue weighted by atomic mass is 16.5. The highest BCUT2D eigenvalue weighted by molar-refractivity contribution is 5.90. The van der Waals surface area contributed by atoms with Gasteiger partial charge < -0.3 is 20.7 Å². The smallest absolute Gasteiger partial charge is 0.241 e. The number of nitrogens with one attached hydrogen (secondary N) is 3. The number of anilines is 1. The molecular weight excluding hydrogens is 322 g/mol. The van der Waals surface area contributed by atoms with Gasteiger partial charge in [-0.05, 0) is 31.6 Å². The summed E-state index contributed by atoms with van der Waals surface area (Å²) in [6.45, 7) is 1.07. The predicted molar refractivity (Wildman–Crippen MR) is 93.0 cm³/mol. The van der Waals surface area contributed by atoms with Crippen LogP contribution in [0.3, 0.4) is 0 Å². The summed E-state index contributed by atoms with van der Waals surface area (Å²) in [5, 5.41) is 13.3. The lowest BCUT2D eigenvalue weighted by Crippen LogP contribution is -2.39. The van der Waals surface area contributed by atoms with Crippen molar-refractivity contribution in [3.8, 4) is 0 Å². The molecule has 2 aliphatic rings. The number of piperidine rings is 1. The number of fused-ring (bicyclic) bond motifs is 2. The van der Waals surface area contributed by atoms with Crippen LogP contribution in [0.5, 0.6) is 0 Å². The van der Waals surface area contributed by atoms with E-state index in [1.54, 1.807) is 19.5 Å². The largest absolute Gasteiger partial charge is 0.383 e. The summed E-state index contributed by atoms with van der Waals surface area (Å²) in [7, 11) is 1.59. The molecule has 0 spiro atoms. The third-order valence-electron chi connectivity index (χ3n) is 4.90. The van der Waals surface area contributed by atoms with Gasteiger partial charge >= 0.3 is 0 Å². The fraction of sp³-hybridized carbons (Fsp3) is 0.706. The first-order valence-electron chi connectivity index (χ1n) is 8.96. The van der Waals surface area contributed by atoms with Gasteiger partial charge in [-0.3, -0.25) is 14.3 Å². The summed E-state index contributed by atoms with van der Waals surface area (Å²) in [5.41, 5.74) is 0.631. The normalized spacial score (nSPS) is 24.9. The van der Waals surface area contributed by atoms with E-state index in [1.807, 2.05) is 0 Å². The molecule has 0 aromatic carbocycles. The summed E-state index contributed by atoms with van der Waals surface area (Å²) >= 11 is 0. The molecule has 2 fully saturated rings. The van der Waals surface area contributed by atoms with E-state index in [0.717, 1.165) is 12.8 Å². The van der Waals surface area contributed by atoms with Crippen LogP contribution in [0.2, 0.25) is 0 Å². The molecule has 1 aromatic rings. The third-order valence-corrected chi connectivity index (χ3v) is 4.90. The Bertz CT molecular complexity index is 591. The number of methoxy groups -OCH3 is 1. The zero-order valence-electron chi connectivity index (χ0n) is 14.7. The van der Waals surface area contributed by atoms with E-state index in [0.29, 0.717) is 43.3 Å². The van der Waals surface area contributed by atoms with Crippen LogP contribution >= 0.6 is 0 Å². The van der Waals surface area contributed by atoms with Crippen LogP contribution < -0.4 is 16.0 Å². The molecule has 2 atom stereocenters. The van der Waals surface area contributed by atoms with Crippen molar-refractivity contribution >= 4 is 17.5 Å². The topological polar surface area (TPSA) is 97.3 Å². The monoisotopic (exact) mass is 349 g/mol. The Balaban J connectivity index is 1.41. The van der Waals surface area contributed by atoms with Gasteiger partial charge in [-0.2, -0.15) is 5.10 Å². The highest BCUT2D eigenvalue weighted by Gasteiger charge is 2.34.